The number of ether oxygens (including phenoxy) is 2. The Hall–Kier alpha value is -4.01. The fraction of sp³-hybridized carbons (Fsp3) is 0.500. The molecule has 3 aromatic rings. The van der Waals surface area contributed by atoms with Crippen molar-refractivity contribution < 1.29 is 27.3 Å². The number of benzene rings is 1. The fourth-order valence-corrected chi connectivity index (χ4v) is 8.98. The van der Waals surface area contributed by atoms with E-state index in [1.807, 2.05) is 12.1 Å². The lowest BCUT2D eigenvalue weighted by Gasteiger charge is -2.37. The standard InChI is InChI=1S/C37H36F3N5O2.CH4.FH/c1-22-25-5-3-6-26-29(39)9-8-24-4-2-7-27(30(24)26)32-31(40)33-28(18-41-32)34(45(22)14-15-46-20-25)43-35(42-33)47-21-37-16-23(17-38)19-44(37)13-12-36(37)10-11-36;;/h2,4,7,17-18,22,25H,5,8-16,19-21H2,1H3;1H4;1H/b23-17+;;/t22-,25-,37+;;/m1../s1. The summed E-state index contributed by atoms with van der Waals surface area (Å²) in [5.74, 6) is 6.03. The summed E-state index contributed by atoms with van der Waals surface area (Å²) in [6.45, 7) is 5.37. The molecular formula is C38H41F4N5O2. The number of anilines is 1. The van der Waals surface area contributed by atoms with Gasteiger partial charge in [-0.25, -0.2) is 13.2 Å². The minimum atomic E-state index is -0.613. The molecule has 3 saturated heterocycles. The third kappa shape index (κ3) is 5.05. The van der Waals surface area contributed by atoms with Crippen LogP contribution in [0, 0.1) is 29.0 Å². The van der Waals surface area contributed by atoms with Crippen LogP contribution in [0.3, 0.4) is 0 Å². The molecule has 2 aliphatic carbocycles. The van der Waals surface area contributed by atoms with Gasteiger partial charge in [0.05, 0.1) is 36.0 Å². The topological polar surface area (TPSA) is 63.6 Å². The molecule has 1 saturated carbocycles. The first-order chi connectivity index (χ1) is 22.9. The van der Waals surface area contributed by atoms with Crippen LogP contribution in [0.2, 0.25) is 0 Å². The number of pyridine rings is 1. The van der Waals surface area contributed by atoms with E-state index in [0.29, 0.717) is 80.1 Å². The van der Waals surface area contributed by atoms with Crippen LogP contribution in [-0.2, 0) is 11.2 Å². The summed E-state index contributed by atoms with van der Waals surface area (Å²) in [7, 11) is 0. The number of nitrogens with zero attached hydrogens (tertiary/aromatic N) is 5. The second kappa shape index (κ2) is 12.4. The molecule has 4 fully saturated rings. The summed E-state index contributed by atoms with van der Waals surface area (Å²) < 4.78 is 58.9. The second-order valence-electron chi connectivity index (χ2n) is 14.1. The van der Waals surface area contributed by atoms with Crippen molar-refractivity contribution in [3.63, 3.8) is 0 Å². The van der Waals surface area contributed by atoms with Gasteiger partial charge in [0.1, 0.15) is 29.5 Å². The van der Waals surface area contributed by atoms with Gasteiger partial charge in [-0.05, 0) is 62.1 Å². The maximum absolute atomic E-state index is 17.0. The van der Waals surface area contributed by atoms with Crippen LogP contribution in [0.1, 0.15) is 64.0 Å². The van der Waals surface area contributed by atoms with E-state index in [2.05, 4.69) is 33.5 Å². The summed E-state index contributed by atoms with van der Waals surface area (Å²) >= 11 is 0. The van der Waals surface area contributed by atoms with E-state index in [1.54, 1.807) is 12.3 Å². The average Bonchev–Trinajstić information content (AvgIpc) is 3.76. The molecule has 7 aliphatic rings. The molecular weight excluding hydrogens is 634 g/mol. The lowest BCUT2D eigenvalue weighted by molar-refractivity contribution is 0.0649. The van der Waals surface area contributed by atoms with Gasteiger partial charge in [-0.3, -0.25) is 14.6 Å². The first-order valence-electron chi connectivity index (χ1n) is 16.8. The highest BCUT2D eigenvalue weighted by Gasteiger charge is 2.67. The molecule has 0 N–H and O–H groups in total. The molecule has 5 aliphatic heterocycles. The first kappa shape index (κ1) is 33.5. The van der Waals surface area contributed by atoms with Gasteiger partial charge in [0.2, 0.25) is 0 Å². The number of allylic oxidation sites excluding steroid dienone is 2. The number of halogens is 4. The summed E-state index contributed by atoms with van der Waals surface area (Å²) in [5.41, 5.74) is 3.05. The van der Waals surface area contributed by atoms with Crippen LogP contribution in [0.5, 0.6) is 6.01 Å². The van der Waals surface area contributed by atoms with Crippen LogP contribution in [-0.4, -0.2) is 70.9 Å². The summed E-state index contributed by atoms with van der Waals surface area (Å²) in [6.07, 6.45) is 7.50. The molecule has 2 aromatic heterocycles. The fourth-order valence-electron chi connectivity index (χ4n) is 8.98. The smallest absolute Gasteiger partial charge is 0.319 e. The Morgan fingerprint density at radius 1 is 1.14 bits per heavy atom. The molecule has 1 spiro atoms. The SMILES string of the molecule is C.C[C@@H]1[C@@H]2CC#CC3=C(F)CCc4cccc(c43)-c3ncc4c(nc(OC[C@]56C/C(=C\F)CN5CCC65CC5)nc4c3F)N1CCOC2.F. The Morgan fingerprint density at radius 2 is 2.00 bits per heavy atom. The van der Waals surface area contributed by atoms with Gasteiger partial charge in [-0.1, -0.05) is 37.5 Å². The number of aryl methyl sites for hydroxylation is 1. The van der Waals surface area contributed by atoms with E-state index in [0.717, 1.165) is 43.3 Å². The van der Waals surface area contributed by atoms with Crippen molar-refractivity contribution in [2.45, 2.75) is 70.9 Å². The van der Waals surface area contributed by atoms with Crippen LogP contribution in [0.25, 0.3) is 27.7 Å². The summed E-state index contributed by atoms with van der Waals surface area (Å²) in [5, 5.41) is 0.476. The molecule has 0 unspecified atom stereocenters. The molecule has 258 valence electrons. The number of aromatic nitrogens is 3. The molecule has 1 aromatic carbocycles. The quantitative estimate of drug-likeness (QED) is 0.213. The van der Waals surface area contributed by atoms with Gasteiger partial charge in [0.15, 0.2) is 5.82 Å². The molecule has 49 heavy (non-hydrogen) atoms. The number of fused-ring (bicyclic) bond motifs is 4. The second-order valence-corrected chi connectivity index (χ2v) is 14.1. The minimum absolute atomic E-state index is 0. The Kier molecular flexibility index (Phi) is 8.47. The normalized spacial score (nSPS) is 27.2. The maximum atomic E-state index is 17.0. The van der Waals surface area contributed by atoms with Crippen LogP contribution >= 0.6 is 0 Å². The van der Waals surface area contributed by atoms with Crippen molar-refractivity contribution >= 4 is 22.3 Å². The molecule has 7 heterocycles. The van der Waals surface area contributed by atoms with Gasteiger partial charge in [-0.2, -0.15) is 9.97 Å². The van der Waals surface area contributed by atoms with Crippen molar-refractivity contribution in [1.82, 2.24) is 19.9 Å². The number of rotatable bonds is 3. The van der Waals surface area contributed by atoms with E-state index in [-0.39, 0.29) is 64.5 Å². The highest BCUT2D eigenvalue weighted by Crippen LogP contribution is 2.66. The van der Waals surface area contributed by atoms with Gasteiger partial charge in [0, 0.05) is 55.2 Å². The zero-order valence-electron chi connectivity index (χ0n) is 26.8. The third-order valence-electron chi connectivity index (χ3n) is 11.8. The largest absolute Gasteiger partial charge is 0.461 e. The van der Waals surface area contributed by atoms with E-state index in [4.69, 9.17) is 19.4 Å². The molecule has 0 radical (unpaired) electrons. The number of hydrogen-bond donors (Lipinski definition) is 0. The number of hydrogen-bond acceptors (Lipinski definition) is 7. The Balaban J connectivity index is 0.00000189. The predicted molar refractivity (Wildman–Crippen MR) is 182 cm³/mol. The van der Waals surface area contributed by atoms with Crippen molar-refractivity contribution in [2.75, 3.05) is 44.4 Å². The van der Waals surface area contributed by atoms with E-state index in [1.165, 1.54) is 0 Å². The minimum Gasteiger partial charge on any atom is -0.461 e. The molecule has 7 nitrogen and oxygen atoms in total. The van der Waals surface area contributed by atoms with Gasteiger partial charge >= 0.3 is 6.01 Å². The predicted octanol–water partition coefficient (Wildman–Crippen LogP) is 7.36. The molecule has 3 atom stereocenters. The average molecular weight is 676 g/mol. The van der Waals surface area contributed by atoms with Crippen molar-refractivity contribution in [1.29, 1.82) is 0 Å². The zero-order valence-corrected chi connectivity index (χ0v) is 26.8. The van der Waals surface area contributed by atoms with Crippen LogP contribution < -0.4 is 9.64 Å². The molecule has 11 heteroatoms. The monoisotopic (exact) mass is 675 g/mol. The highest BCUT2D eigenvalue weighted by molar-refractivity contribution is 5.95. The van der Waals surface area contributed by atoms with E-state index in [9.17, 15) is 4.39 Å². The van der Waals surface area contributed by atoms with Gasteiger partial charge in [-0.15, -0.1) is 0 Å². The Labute approximate surface area is 284 Å². The lowest BCUT2D eigenvalue weighted by Crippen LogP contribution is -2.49. The lowest BCUT2D eigenvalue weighted by atomic mass is 9.80. The molecule has 0 amide bonds. The maximum Gasteiger partial charge on any atom is 0.319 e. The Morgan fingerprint density at radius 3 is 2.82 bits per heavy atom. The Bertz CT molecular complexity index is 1950. The van der Waals surface area contributed by atoms with E-state index >= 15 is 8.78 Å². The highest BCUT2D eigenvalue weighted by atomic mass is 19.1. The summed E-state index contributed by atoms with van der Waals surface area (Å²) in [4.78, 5) is 18.8. The zero-order chi connectivity index (χ0) is 31.9. The van der Waals surface area contributed by atoms with Crippen LogP contribution in [0.15, 0.2) is 42.1 Å². The van der Waals surface area contributed by atoms with Gasteiger partial charge in [0.25, 0.3) is 0 Å². The molecule has 10 rings (SSSR count). The third-order valence-corrected chi connectivity index (χ3v) is 11.8. The summed E-state index contributed by atoms with van der Waals surface area (Å²) in [6, 6.07) is 5.59. The van der Waals surface area contributed by atoms with Crippen molar-refractivity contribution in [3.8, 4) is 29.1 Å². The molecule has 6 bridgehead atoms. The first-order valence-corrected chi connectivity index (χ1v) is 16.8. The van der Waals surface area contributed by atoms with E-state index < -0.39 is 5.82 Å². The van der Waals surface area contributed by atoms with Crippen molar-refractivity contribution in [3.05, 3.63) is 59.1 Å². The van der Waals surface area contributed by atoms with Crippen molar-refractivity contribution in [2.24, 2.45) is 11.3 Å². The van der Waals surface area contributed by atoms with Crippen LogP contribution in [0.4, 0.5) is 23.7 Å². The van der Waals surface area contributed by atoms with Gasteiger partial charge < -0.3 is 14.4 Å².